The molecule has 0 amide bonds. The lowest BCUT2D eigenvalue weighted by Crippen LogP contribution is -2.39. The summed E-state index contributed by atoms with van der Waals surface area (Å²) in [6.45, 7) is 3.68. The maximum absolute atomic E-state index is 13.6. The summed E-state index contributed by atoms with van der Waals surface area (Å²) in [7, 11) is 0. The van der Waals surface area contributed by atoms with E-state index in [9.17, 15) is 9.50 Å². The first-order valence-electron chi connectivity index (χ1n) is 5.14. The Labute approximate surface area is 88.5 Å². The summed E-state index contributed by atoms with van der Waals surface area (Å²) >= 11 is 0. The Morgan fingerprint density at radius 3 is 3.13 bits per heavy atom. The van der Waals surface area contributed by atoms with E-state index in [2.05, 4.69) is 5.32 Å². The molecule has 0 aliphatic carbocycles. The average Bonchev–Trinajstić information content (AvgIpc) is 2.17. The van der Waals surface area contributed by atoms with Crippen molar-refractivity contribution >= 4 is 11.4 Å². The van der Waals surface area contributed by atoms with Crippen LogP contribution in [0.15, 0.2) is 18.2 Å². The van der Waals surface area contributed by atoms with E-state index in [0.717, 1.165) is 18.8 Å². The summed E-state index contributed by atoms with van der Waals surface area (Å²) in [6.07, 6.45) is -0.449. The predicted octanol–water partition coefficient (Wildman–Crippen LogP) is 1.44. The first kappa shape index (κ1) is 10.2. The summed E-state index contributed by atoms with van der Waals surface area (Å²) < 4.78 is 13.6. The number of aliphatic hydroxyl groups excluding tert-OH is 1. The van der Waals surface area contributed by atoms with E-state index in [1.165, 1.54) is 6.07 Å². The summed E-state index contributed by atoms with van der Waals surface area (Å²) in [5.41, 5.74) is 1.38. The number of fused-ring (bicyclic) bond motifs is 1. The molecule has 4 heteroatoms. The molecule has 0 fully saturated rings. The lowest BCUT2D eigenvalue weighted by molar-refractivity contribution is 0.200. The molecular weight excluding hydrogens is 195 g/mol. The number of para-hydroxylation sites is 1. The summed E-state index contributed by atoms with van der Waals surface area (Å²) in [5, 5.41) is 12.5. The third-order valence-electron chi connectivity index (χ3n) is 2.48. The van der Waals surface area contributed by atoms with Gasteiger partial charge in [-0.2, -0.15) is 0 Å². The zero-order valence-electron chi connectivity index (χ0n) is 8.70. The Hall–Kier alpha value is -1.29. The highest BCUT2D eigenvalue weighted by Gasteiger charge is 2.20. The van der Waals surface area contributed by atoms with Crippen LogP contribution < -0.4 is 10.2 Å². The molecular formula is C11H15FN2O. The molecule has 1 aromatic rings. The molecule has 15 heavy (non-hydrogen) atoms. The van der Waals surface area contributed by atoms with E-state index in [-0.39, 0.29) is 5.82 Å². The average molecular weight is 210 g/mol. The van der Waals surface area contributed by atoms with Crippen LogP contribution in [0.2, 0.25) is 0 Å². The second-order valence-corrected chi connectivity index (χ2v) is 3.86. The van der Waals surface area contributed by atoms with Crippen LogP contribution in [0.5, 0.6) is 0 Å². The van der Waals surface area contributed by atoms with Crippen molar-refractivity contribution in [2.45, 2.75) is 13.0 Å². The van der Waals surface area contributed by atoms with Crippen LogP contribution in [-0.2, 0) is 0 Å². The molecule has 0 bridgehead atoms. The van der Waals surface area contributed by atoms with Gasteiger partial charge in [0.1, 0.15) is 5.82 Å². The number of nitrogens with one attached hydrogen (secondary N) is 1. The van der Waals surface area contributed by atoms with E-state index >= 15 is 0 Å². The van der Waals surface area contributed by atoms with Crippen molar-refractivity contribution in [3.8, 4) is 0 Å². The van der Waals surface area contributed by atoms with Crippen molar-refractivity contribution in [1.82, 2.24) is 0 Å². The summed E-state index contributed by atoms with van der Waals surface area (Å²) in [4.78, 5) is 1.88. The monoisotopic (exact) mass is 210 g/mol. The predicted molar refractivity (Wildman–Crippen MR) is 58.8 cm³/mol. The minimum Gasteiger partial charge on any atom is -0.392 e. The Kier molecular flexibility index (Phi) is 2.77. The van der Waals surface area contributed by atoms with Gasteiger partial charge in [0.2, 0.25) is 0 Å². The van der Waals surface area contributed by atoms with Crippen LogP contribution in [0, 0.1) is 5.82 Å². The van der Waals surface area contributed by atoms with Crippen molar-refractivity contribution in [1.29, 1.82) is 0 Å². The topological polar surface area (TPSA) is 35.5 Å². The third kappa shape index (κ3) is 2.04. The van der Waals surface area contributed by atoms with Gasteiger partial charge in [0.05, 0.1) is 17.5 Å². The Morgan fingerprint density at radius 1 is 1.60 bits per heavy atom. The van der Waals surface area contributed by atoms with Crippen molar-refractivity contribution in [2.24, 2.45) is 0 Å². The number of hydrogen-bond donors (Lipinski definition) is 2. The van der Waals surface area contributed by atoms with Gasteiger partial charge in [0, 0.05) is 19.6 Å². The zero-order valence-corrected chi connectivity index (χ0v) is 8.70. The first-order chi connectivity index (χ1) is 7.18. The van der Waals surface area contributed by atoms with E-state index in [0.29, 0.717) is 12.2 Å². The molecule has 0 radical (unpaired) electrons. The van der Waals surface area contributed by atoms with Crippen LogP contribution in [0.3, 0.4) is 0 Å². The number of aliphatic hydroxyl groups is 1. The molecule has 1 aromatic carbocycles. The largest absolute Gasteiger partial charge is 0.392 e. The van der Waals surface area contributed by atoms with Crippen LogP contribution >= 0.6 is 0 Å². The first-order valence-corrected chi connectivity index (χ1v) is 5.14. The van der Waals surface area contributed by atoms with Gasteiger partial charge in [0.15, 0.2) is 0 Å². The molecule has 82 valence electrons. The second kappa shape index (κ2) is 4.06. The normalized spacial score (nSPS) is 16.9. The van der Waals surface area contributed by atoms with Gasteiger partial charge < -0.3 is 15.3 Å². The van der Waals surface area contributed by atoms with Crippen LogP contribution in [0.4, 0.5) is 15.8 Å². The molecule has 2 N–H and O–H groups in total. The number of nitrogens with zero attached hydrogens (tertiary/aromatic N) is 1. The highest BCUT2D eigenvalue weighted by Crippen LogP contribution is 2.31. The van der Waals surface area contributed by atoms with Crippen LogP contribution in [0.25, 0.3) is 0 Å². The Morgan fingerprint density at radius 2 is 2.40 bits per heavy atom. The van der Waals surface area contributed by atoms with Gasteiger partial charge >= 0.3 is 0 Å². The fourth-order valence-corrected chi connectivity index (χ4v) is 1.92. The highest BCUT2D eigenvalue weighted by molar-refractivity contribution is 5.72. The highest BCUT2D eigenvalue weighted by atomic mass is 19.1. The zero-order chi connectivity index (χ0) is 10.8. The molecule has 1 atom stereocenters. The fraction of sp³-hybridized carbons (Fsp3) is 0.455. The van der Waals surface area contributed by atoms with Gasteiger partial charge in [-0.15, -0.1) is 0 Å². The van der Waals surface area contributed by atoms with Gasteiger partial charge in [-0.1, -0.05) is 6.07 Å². The van der Waals surface area contributed by atoms with E-state index in [1.54, 1.807) is 13.0 Å². The number of anilines is 2. The van der Waals surface area contributed by atoms with Gasteiger partial charge in [-0.05, 0) is 19.1 Å². The van der Waals surface area contributed by atoms with E-state index in [1.807, 2.05) is 11.0 Å². The molecule has 0 saturated heterocycles. The Balaban J connectivity index is 2.32. The summed E-state index contributed by atoms with van der Waals surface area (Å²) in [5.74, 6) is -0.236. The van der Waals surface area contributed by atoms with Gasteiger partial charge in [-0.25, -0.2) is 4.39 Å². The number of rotatable bonds is 2. The van der Waals surface area contributed by atoms with Crippen LogP contribution in [-0.4, -0.2) is 30.8 Å². The van der Waals surface area contributed by atoms with E-state index in [4.69, 9.17) is 0 Å². The molecule has 2 rings (SSSR count). The van der Waals surface area contributed by atoms with Gasteiger partial charge in [-0.3, -0.25) is 0 Å². The standard InChI is InChI=1S/C11H15FN2O/c1-8(15)7-14-6-5-13-10-4-2-3-9(12)11(10)14/h2-4,8,13,15H,5-7H2,1H3. The number of hydrogen-bond acceptors (Lipinski definition) is 3. The molecule has 1 unspecified atom stereocenters. The maximum Gasteiger partial charge on any atom is 0.148 e. The van der Waals surface area contributed by atoms with E-state index < -0.39 is 6.10 Å². The summed E-state index contributed by atoms with van der Waals surface area (Å²) in [6, 6.07) is 4.99. The van der Waals surface area contributed by atoms with Crippen molar-refractivity contribution in [3.63, 3.8) is 0 Å². The number of benzene rings is 1. The Bertz CT molecular complexity index is 354. The van der Waals surface area contributed by atoms with Crippen molar-refractivity contribution in [2.75, 3.05) is 29.9 Å². The minimum atomic E-state index is -0.449. The van der Waals surface area contributed by atoms with Crippen molar-refractivity contribution < 1.29 is 9.50 Å². The molecule has 0 aromatic heterocycles. The van der Waals surface area contributed by atoms with Crippen LogP contribution in [0.1, 0.15) is 6.92 Å². The lowest BCUT2D eigenvalue weighted by Gasteiger charge is -2.33. The molecule has 1 aliphatic heterocycles. The van der Waals surface area contributed by atoms with Gasteiger partial charge in [0.25, 0.3) is 0 Å². The molecule has 0 saturated carbocycles. The maximum atomic E-state index is 13.6. The minimum absolute atomic E-state index is 0.236. The second-order valence-electron chi connectivity index (χ2n) is 3.86. The smallest absolute Gasteiger partial charge is 0.148 e. The quantitative estimate of drug-likeness (QED) is 0.775. The SMILES string of the molecule is CC(O)CN1CCNc2cccc(F)c21. The number of halogens is 1. The van der Waals surface area contributed by atoms with Crippen molar-refractivity contribution in [3.05, 3.63) is 24.0 Å². The third-order valence-corrected chi connectivity index (χ3v) is 2.48. The fourth-order valence-electron chi connectivity index (χ4n) is 1.92. The lowest BCUT2D eigenvalue weighted by atomic mass is 10.1. The number of β-amino-alcohol motifs (C(OH)–C–C–N with tert-alkyl or cyclic N) is 1. The molecule has 0 spiro atoms. The molecule has 3 nitrogen and oxygen atoms in total. The molecule has 1 aliphatic rings. The molecule has 1 heterocycles.